The van der Waals surface area contributed by atoms with Crippen LogP contribution in [-0.4, -0.2) is 5.78 Å². The van der Waals surface area contributed by atoms with Crippen LogP contribution >= 0.6 is 23.1 Å². The van der Waals surface area contributed by atoms with Crippen LogP contribution in [0.1, 0.15) is 110 Å². The first-order valence-electron chi connectivity index (χ1n) is 14.9. The smallest absolute Gasteiger partial charge is 0.218 e. The Morgan fingerprint density at radius 1 is 0.825 bits per heavy atom. The molecular weight excluding hydrogens is 529 g/mol. The molecule has 0 radical (unpaired) electrons. The van der Waals surface area contributed by atoms with Crippen molar-refractivity contribution in [2.24, 2.45) is 22.7 Å². The van der Waals surface area contributed by atoms with Crippen molar-refractivity contribution in [1.29, 1.82) is 0 Å². The van der Waals surface area contributed by atoms with Crippen LogP contribution < -0.4 is 5.11 Å². The van der Waals surface area contributed by atoms with E-state index in [1.165, 1.54) is 19.6 Å². The van der Waals surface area contributed by atoms with Gasteiger partial charge in [0.1, 0.15) is 0 Å². The molecular formula is C36H50O2S2. The SMILES string of the molecule is CC(C)CCc1cc(C=C2C(=O)C(C=C3C=C(CC(C)(C)C)SC(CC(C)(C)C)=C3)=C2[O-])cc(CCC(C)C)[s+]1. The van der Waals surface area contributed by atoms with E-state index in [0.29, 0.717) is 23.0 Å². The van der Waals surface area contributed by atoms with Crippen LogP contribution in [0.25, 0.3) is 6.08 Å². The van der Waals surface area contributed by atoms with Crippen LogP contribution in [0.15, 0.2) is 62.6 Å². The number of hydrogen-bond donors (Lipinski definition) is 0. The summed E-state index contributed by atoms with van der Waals surface area (Å²) in [7, 11) is 0. The van der Waals surface area contributed by atoms with Gasteiger partial charge in [0.05, 0.1) is 0 Å². The van der Waals surface area contributed by atoms with E-state index in [2.05, 4.69) is 93.5 Å². The molecule has 0 spiro atoms. The lowest BCUT2D eigenvalue weighted by atomic mass is 9.85. The highest BCUT2D eigenvalue weighted by atomic mass is 32.2. The molecule has 0 N–H and O–H groups in total. The van der Waals surface area contributed by atoms with Crippen molar-refractivity contribution in [3.63, 3.8) is 0 Å². The van der Waals surface area contributed by atoms with Gasteiger partial charge in [-0.05, 0) is 93.6 Å². The van der Waals surface area contributed by atoms with E-state index in [4.69, 9.17) is 0 Å². The molecule has 1 aromatic rings. The molecule has 0 amide bonds. The van der Waals surface area contributed by atoms with Crippen molar-refractivity contribution >= 4 is 35.0 Å². The third-order valence-corrected chi connectivity index (χ3v) is 9.00. The average molecular weight is 579 g/mol. The lowest BCUT2D eigenvalue weighted by Gasteiger charge is -2.30. The van der Waals surface area contributed by atoms with Gasteiger partial charge in [-0.3, -0.25) is 4.79 Å². The Bertz CT molecular complexity index is 1190. The zero-order valence-corrected chi connectivity index (χ0v) is 28.1. The number of rotatable bonds is 10. The molecule has 4 heteroatoms. The van der Waals surface area contributed by atoms with Gasteiger partial charge in [-0.25, -0.2) is 0 Å². The van der Waals surface area contributed by atoms with E-state index in [1.807, 2.05) is 35.3 Å². The largest absolute Gasteiger partial charge is 0.871 e. The molecule has 0 saturated heterocycles. The molecule has 0 unspecified atom stereocenters. The molecule has 1 aliphatic heterocycles. The minimum atomic E-state index is -0.132. The Kier molecular flexibility index (Phi) is 10.9. The van der Waals surface area contributed by atoms with Crippen molar-refractivity contribution in [2.45, 2.75) is 108 Å². The Balaban J connectivity index is 1.94. The maximum atomic E-state index is 13.3. The quantitative estimate of drug-likeness (QED) is 0.205. The fourth-order valence-electron chi connectivity index (χ4n) is 4.81. The van der Waals surface area contributed by atoms with Gasteiger partial charge in [-0.15, -0.1) is 0 Å². The van der Waals surface area contributed by atoms with Crippen molar-refractivity contribution in [2.75, 3.05) is 0 Å². The number of aryl methyl sites for hydroxylation is 2. The number of thioether (sulfide) groups is 1. The molecule has 0 aromatic carbocycles. The highest BCUT2D eigenvalue weighted by Crippen LogP contribution is 2.44. The van der Waals surface area contributed by atoms with E-state index in [-0.39, 0.29) is 22.4 Å². The minimum Gasteiger partial charge on any atom is -0.871 e. The summed E-state index contributed by atoms with van der Waals surface area (Å²) in [5.41, 5.74) is 2.89. The van der Waals surface area contributed by atoms with Gasteiger partial charge in [-0.1, -0.05) is 86.8 Å². The fraction of sp³-hybridized carbons (Fsp3) is 0.556. The summed E-state index contributed by atoms with van der Waals surface area (Å²) in [4.78, 5) is 18.5. The second kappa shape index (κ2) is 13.4. The standard InChI is InChI=1S/C36H50O2S2/c1-23(2)11-13-27-15-25(16-28(39-27)14-12-24(3)4)19-31-33(37)32(34(31)38)20-26-17-29(21-35(5,6)7)40-30(18-26)22-36(8,9)10/h15-20,23-24H,11-14,21-22H2,1-10H3. The number of ketones is 1. The van der Waals surface area contributed by atoms with Crippen molar-refractivity contribution in [1.82, 2.24) is 0 Å². The maximum Gasteiger partial charge on any atom is 0.218 e. The molecule has 218 valence electrons. The second-order valence-electron chi connectivity index (χ2n) is 14.8. The van der Waals surface area contributed by atoms with Crippen LogP contribution in [0.5, 0.6) is 0 Å². The zero-order chi connectivity index (χ0) is 29.8. The first kappa shape index (κ1) is 32.6. The van der Waals surface area contributed by atoms with E-state index in [0.717, 1.165) is 49.7 Å². The van der Waals surface area contributed by atoms with Gasteiger partial charge in [0, 0.05) is 36.1 Å². The predicted octanol–water partition coefficient (Wildman–Crippen LogP) is 10.1. The van der Waals surface area contributed by atoms with Gasteiger partial charge < -0.3 is 5.11 Å². The molecule has 3 rings (SSSR count). The van der Waals surface area contributed by atoms with Crippen LogP contribution in [0, 0.1) is 22.7 Å². The van der Waals surface area contributed by atoms with Crippen LogP contribution in [-0.2, 0) is 17.6 Å². The average Bonchev–Trinajstić information content (AvgIpc) is 2.80. The molecule has 0 bridgehead atoms. The van der Waals surface area contributed by atoms with E-state index < -0.39 is 0 Å². The first-order valence-corrected chi connectivity index (χ1v) is 16.6. The highest BCUT2D eigenvalue weighted by molar-refractivity contribution is 8.06. The maximum absolute atomic E-state index is 13.3. The molecule has 0 fully saturated rings. The van der Waals surface area contributed by atoms with Gasteiger partial charge in [0.25, 0.3) is 0 Å². The zero-order valence-electron chi connectivity index (χ0n) is 26.5. The normalized spacial score (nSPS) is 17.6. The minimum absolute atomic E-state index is 0.132. The summed E-state index contributed by atoms with van der Waals surface area (Å²) >= 11 is 3.73. The summed E-state index contributed by atoms with van der Waals surface area (Å²) in [6.45, 7) is 22.5. The number of Topliss-reactive ketones (excluding diaryl/α,β-unsaturated/α-hetero) is 1. The van der Waals surface area contributed by atoms with Gasteiger partial charge in [-0.2, -0.15) is 0 Å². The lowest BCUT2D eigenvalue weighted by molar-refractivity contribution is -0.300. The lowest BCUT2D eigenvalue weighted by Crippen LogP contribution is -2.29. The van der Waals surface area contributed by atoms with E-state index in [1.54, 1.807) is 0 Å². The molecule has 2 nitrogen and oxygen atoms in total. The molecule has 2 heterocycles. The number of carbonyl (C=O) groups excluding carboxylic acids is 1. The molecule has 1 aliphatic carbocycles. The van der Waals surface area contributed by atoms with Crippen molar-refractivity contribution in [3.05, 3.63) is 78.0 Å². The third kappa shape index (κ3) is 10.2. The predicted molar refractivity (Wildman–Crippen MR) is 175 cm³/mol. The number of hydrogen-bond acceptors (Lipinski definition) is 3. The Morgan fingerprint density at radius 2 is 1.30 bits per heavy atom. The van der Waals surface area contributed by atoms with Gasteiger partial charge in [0.2, 0.25) is 21.1 Å². The Hall–Kier alpha value is -1.91. The molecule has 0 atom stereocenters. The van der Waals surface area contributed by atoms with Crippen LogP contribution in [0.2, 0.25) is 0 Å². The second-order valence-corrected chi connectivity index (χ2v) is 17.3. The summed E-state index contributed by atoms with van der Waals surface area (Å²) in [6, 6.07) is 4.36. The molecule has 1 aromatic heterocycles. The van der Waals surface area contributed by atoms with Gasteiger partial charge in [0.15, 0.2) is 5.78 Å². The topological polar surface area (TPSA) is 40.1 Å². The third-order valence-electron chi connectivity index (χ3n) is 6.78. The van der Waals surface area contributed by atoms with Crippen molar-refractivity contribution in [3.8, 4) is 0 Å². The summed E-state index contributed by atoms with van der Waals surface area (Å²) in [5.74, 6) is 1.02. The monoisotopic (exact) mass is 578 g/mol. The first-order chi connectivity index (χ1) is 18.5. The molecule has 2 aliphatic rings. The molecule has 40 heavy (non-hydrogen) atoms. The van der Waals surface area contributed by atoms with Crippen LogP contribution in [0.4, 0.5) is 0 Å². The Labute approximate surface area is 252 Å². The van der Waals surface area contributed by atoms with Crippen LogP contribution in [0.3, 0.4) is 0 Å². The van der Waals surface area contributed by atoms with Crippen molar-refractivity contribution < 1.29 is 9.90 Å². The van der Waals surface area contributed by atoms with E-state index >= 15 is 0 Å². The van der Waals surface area contributed by atoms with E-state index in [9.17, 15) is 9.90 Å². The fourth-order valence-corrected chi connectivity index (χ4v) is 7.71. The number of carbonyl (C=O) groups is 1. The summed E-state index contributed by atoms with van der Waals surface area (Å²) in [6.07, 6.45) is 14.2. The number of allylic oxidation sites excluding steroid dienone is 8. The molecule has 0 saturated carbocycles. The Morgan fingerprint density at radius 3 is 1.70 bits per heavy atom. The highest BCUT2D eigenvalue weighted by Gasteiger charge is 2.27. The summed E-state index contributed by atoms with van der Waals surface area (Å²) in [5, 5.41) is 13.3. The van der Waals surface area contributed by atoms with Gasteiger partial charge >= 0.3 is 0 Å². The summed E-state index contributed by atoms with van der Waals surface area (Å²) < 4.78 is 0.